The van der Waals surface area contributed by atoms with E-state index >= 15 is 0 Å². The van der Waals surface area contributed by atoms with E-state index in [1.165, 1.54) is 12.0 Å². The Morgan fingerprint density at radius 1 is 0.947 bits per heavy atom. The van der Waals surface area contributed by atoms with Crippen molar-refractivity contribution in [3.05, 3.63) is 23.9 Å². The number of allylic oxidation sites excluding steroid dienone is 2. The summed E-state index contributed by atoms with van der Waals surface area (Å²) in [5.41, 5.74) is 2.28. The van der Waals surface area contributed by atoms with Crippen molar-refractivity contribution in [3.8, 4) is 0 Å². The molecule has 0 unspecified atom stereocenters. The highest BCUT2D eigenvalue weighted by atomic mass is 14.9. The van der Waals surface area contributed by atoms with Crippen molar-refractivity contribution in [1.29, 1.82) is 0 Å². The van der Waals surface area contributed by atoms with Crippen LogP contribution in [-0.2, 0) is 0 Å². The van der Waals surface area contributed by atoms with Gasteiger partial charge in [-0.2, -0.15) is 0 Å². The molecule has 0 aliphatic rings. The van der Waals surface area contributed by atoms with E-state index in [4.69, 9.17) is 0 Å². The largest absolute Gasteiger partial charge is 0.385 e. The first-order valence-corrected chi connectivity index (χ1v) is 8.19. The molecule has 0 bridgehead atoms. The fraction of sp³-hybridized carbons (Fsp3) is 0.778. The van der Waals surface area contributed by atoms with E-state index in [-0.39, 0.29) is 0 Å². The zero-order valence-corrected chi connectivity index (χ0v) is 15.9. The second-order valence-electron chi connectivity index (χ2n) is 3.08. The maximum atomic E-state index is 3.88. The number of hydrogen-bond donors (Lipinski definition) is 1. The zero-order valence-electron chi connectivity index (χ0n) is 15.9. The highest BCUT2D eigenvalue weighted by Crippen LogP contribution is 2.01. The summed E-state index contributed by atoms with van der Waals surface area (Å²) in [6, 6.07) is 0. The second kappa shape index (κ2) is 43.3. The van der Waals surface area contributed by atoms with Crippen molar-refractivity contribution in [2.24, 2.45) is 0 Å². The van der Waals surface area contributed by atoms with Crippen LogP contribution in [0.2, 0.25) is 0 Å². The van der Waals surface area contributed by atoms with Crippen molar-refractivity contribution in [2.45, 2.75) is 89.0 Å². The minimum Gasteiger partial charge on any atom is -0.385 e. The summed E-state index contributed by atoms with van der Waals surface area (Å²) < 4.78 is 0. The fourth-order valence-corrected chi connectivity index (χ4v) is 0.590. The summed E-state index contributed by atoms with van der Waals surface area (Å²) in [6.07, 6.45) is 4.46. The van der Waals surface area contributed by atoms with Gasteiger partial charge in [-0.25, -0.2) is 0 Å². The zero-order chi connectivity index (χ0) is 16.7. The van der Waals surface area contributed by atoms with E-state index < -0.39 is 0 Å². The van der Waals surface area contributed by atoms with E-state index in [1.54, 1.807) is 0 Å². The monoisotopic (exact) mass is 273 g/mol. The van der Waals surface area contributed by atoms with Crippen LogP contribution in [0.4, 0.5) is 0 Å². The van der Waals surface area contributed by atoms with Gasteiger partial charge in [0.1, 0.15) is 0 Å². The molecule has 0 saturated heterocycles. The van der Waals surface area contributed by atoms with Crippen LogP contribution in [0.25, 0.3) is 0 Å². The normalized spacial score (nSPS) is 7.84. The van der Waals surface area contributed by atoms with Crippen LogP contribution in [0.15, 0.2) is 23.9 Å². The van der Waals surface area contributed by atoms with Gasteiger partial charge in [-0.3, -0.25) is 0 Å². The van der Waals surface area contributed by atoms with Crippen molar-refractivity contribution < 1.29 is 0 Å². The third-order valence-electron chi connectivity index (χ3n) is 1.50. The van der Waals surface area contributed by atoms with Crippen molar-refractivity contribution in [1.82, 2.24) is 5.32 Å². The average molecular weight is 274 g/mol. The summed E-state index contributed by atoms with van der Waals surface area (Å²) in [5.74, 6) is 0. The molecule has 0 aliphatic heterocycles. The van der Waals surface area contributed by atoms with Crippen LogP contribution in [0, 0.1) is 0 Å². The van der Waals surface area contributed by atoms with Crippen molar-refractivity contribution in [3.63, 3.8) is 0 Å². The average Bonchev–Trinajstić information content (AvgIpc) is 2.50. The molecule has 0 heterocycles. The lowest BCUT2D eigenvalue weighted by Crippen LogP contribution is -2.13. The molecule has 1 heteroatoms. The van der Waals surface area contributed by atoms with Gasteiger partial charge in [0, 0.05) is 12.2 Å². The lowest BCUT2D eigenvalue weighted by molar-refractivity contribution is 0.777. The quantitative estimate of drug-likeness (QED) is 0.546. The Balaban J connectivity index is -0.0000000607. The topological polar surface area (TPSA) is 12.0 Å². The Morgan fingerprint density at radius 3 is 1.47 bits per heavy atom. The van der Waals surface area contributed by atoms with Crippen molar-refractivity contribution >= 4 is 0 Å². The Hall–Kier alpha value is -0.720. The molecular formula is C18H43N. The molecular weight excluding hydrogens is 230 g/mol. The van der Waals surface area contributed by atoms with Crippen LogP contribution in [0.3, 0.4) is 0 Å². The van der Waals surface area contributed by atoms with Gasteiger partial charge in [0.2, 0.25) is 0 Å². The van der Waals surface area contributed by atoms with Gasteiger partial charge in [0.15, 0.2) is 0 Å². The molecule has 19 heavy (non-hydrogen) atoms. The summed E-state index contributed by atoms with van der Waals surface area (Å²) in [5, 5.41) is 3.22. The third-order valence-corrected chi connectivity index (χ3v) is 1.50. The van der Waals surface area contributed by atoms with E-state index in [9.17, 15) is 0 Å². The molecule has 120 valence electrons. The van der Waals surface area contributed by atoms with Crippen LogP contribution >= 0.6 is 0 Å². The van der Waals surface area contributed by atoms with E-state index in [2.05, 4.69) is 45.7 Å². The fourth-order valence-electron chi connectivity index (χ4n) is 0.590. The van der Waals surface area contributed by atoms with Crippen LogP contribution in [-0.4, -0.2) is 6.54 Å². The first-order valence-electron chi connectivity index (χ1n) is 8.19. The number of hydrogen-bond acceptors (Lipinski definition) is 1. The standard InChI is InChI=1S/C9H17N.C3H8.3C2H6/c1-5-7-10-9(4)8(3)6-2;1-3-2;3*1-2/h6,10H,4-5,7H2,1-3H3;3H2,1-2H3;3*1-2H3/b8-6+;;;;. The van der Waals surface area contributed by atoms with Crippen LogP contribution < -0.4 is 5.32 Å². The Labute approximate surface area is 125 Å². The summed E-state index contributed by atoms with van der Waals surface area (Å²) >= 11 is 0. The molecule has 1 nitrogen and oxygen atoms in total. The molecule has 0 radical (unpaired) electrons. The van der Waals surface area contributed by atoms with Gasteiger partial charge < -0.3 is 5.32 Å². The highest BCUT2D eigenvalue weighted by Gasteiger charge is 1.91. The second-order valence-corrected chi connectivity index (χ2v) is 3.08. The van der Waals surface area contributed by atoms with Gasteiger partial charge >= 0.3 is 0 Å². The summed E-state index contributed by atoms with van der Waals surface area (Å²) in [7, 11) is 0. The predicted molar refractivity (Wildman–Crippen MR) is 96.9 cm³/mol. The van der Waals surface area contributed by atoms with E-state index in [0.717, 1.165) is 18.7 Å². The maximum absolute atomic E-state index is 3.88. The Kier molecular flexibility index (Phi) is 70.6. The predicted octanol–water partition coefficient (Wildman–Crippen LogP) is 6.96. The third kappa shape index (κ3) is 46.8. The minimum absolute atomic E-state index is 1.02. The summed E-state index contributed by atoms with van der Waals surface area (Å²) in [6.45, 7) is 27.4. The Bertz CT molecular complexity index is 146. The van der Waals surface area contributed by atoms with Gasteiger partial charge in [-0.05, 0) is 25.8 Å². The maximum Gasteiger partial charge on any atom is 0.0293 e. The van der Waals surface area contributed by atoms with Crippen LogP contribution in [0.1, 0.15) is 89.0 Å². The molecule has 1 N–H and O–H groups in total. The lowest BCUT2D eigenvalue weighted by atomic mass is 10.2. The smallest absolute Gasteiger partial charge is 0.0293 e. The minimum atomic E-state index is 1.02. The molecule has 0 spiro atoms. The van der Waals surface area contributed by atoms with Crippen molar-refractivity contribution in [2.75, 3.05) is 6.54 Å². The SMILES string of the molecule is C=C(NCCC)/C(C)=C/C.CC.CC.CC.CCC. The molecule has 0 amide bonds. The van der Waals surface area contributed by atoms with E-state index in [0.29, 0.717) is 0 Å². The van der Waals surface area contributed by atoms with Gasteiger partial charge in [-0.1, -0.05) is 81.4 Å². The molecule has 0 rings (SSSR count). The number of rotatable bonds is 4. The van der Waals surface area contributed by atoms with Gasteiger partial charge in [0.25, 0.3) is 0 Å². The molecule has 0 aromatic carbocycles. The molecule has 0 aromatic heterocycles. The molecule has 0 atom stereocenters. The first-order chi connectivity index (χ1) is 9.13. The molecule has 0 saturated carbocycles. The van der Waals surface area contributed by atoms with Gasteiger partial charge in [-0.15, -0.1) is 0 Å². The highest BCUT2D eigenvalue weighted by molar-refractivity contribution is 5.23. The molecule has 0 aromatic rings. The van der Waals surface area contributed by atoms with Gasteiger partial charge in [0.05, 0.1) is 0 Å². The number of nitrogens with one attached hydrogen (secondary N) is 1. The van der Waals surface area contributed by atoms with E-state index in [1.807, 2.05) is 48.5 Å². The summed E-state index contributed by atoms with van der Waals surface area (Å²) in [4.78, 5) is 0. The first kappa shape index (κ1) is 31.0. The van der Waals surface area contributed by atoms with Crippen LogP contribution in [0.5, 0.6) is 0 Å². The lowest BCUT2D eigenvalue weighted by Gasteiger charge is -2.07. The molecule has 0 fully saturated rings. The molecule has 0 aliphatic carbocycles. The Morgan fingerprint density at radius 2 is 1.26 bits per heavy atom.